The Morgan fingerprint density at radius 2 is 1.95 bits per heavy atom. The molecule has 6 nitrogen and oxygen atoms in total. The highest BCUT2D eigenvalue weighted by Gasteiger charge is 2.33. The third-order valence-corrected chi connectivity index (χ3v) is 3.36. The molecule has 1 saturated heterocycles. The van der Waals surface area contributed by atoms with Gasteiger partial charge in [0.2, 0.25) is 0 Å². The molecule has 122 valence electrons. The molecule has 21 heavy (non-hydrogen) atoms. The molecule has 0 aromatic heterocycles. The van der Waals surface area contributed by atoms with Gasteiger partial charge in [0, 0.05) is 25.0 Å². The van der Waals surface area contributed by atoms with Crippen LogP contribution in [0.3, 0.4) is 0 Å². The maximum atomic E-state index is 12.3. The van der Waals surface area contributed by atoms with Crippen LogP contribution in [0.15, 0.2) is 0 Å². The Hall–Kier alpha value is -1.30. The number of rotatable bonds is 4. The number of carbonyl (C=O) groups excluding carboxylic acids is 2. The van der Waals surface area contributed by atoms with Crippen LogP contribution in [0.5, 0.6) is 0 Å². The van der Waals surface area contributed by atoms with Crippen LogP contribution >= 0.6 is 0 Å². The van der Waals surface area contributed by atoms with Crippen LogP contribution in [-0.4, -0.2) is 47.8 Å². The topological polar surface area (TPSA) is 81.9 Å². The number of amides is 1. The molecule has 1 heterocycles. The summed E-state index contributed by atoms with van der Waals surface area (Å²) in [5.41, 5.74) is 5.41. The van der Waals surface area contributed by atoms with Gasteiger partial charge in [0.25, 0.3) is 0 Å². The van der Waals surface area contributed by atoms with Crippen LogP contribution in [0, 0.1) is 0 Å². The summed E-state index contributed by atoms with van der Waals surface area (Å²) in [7, 11) is 0. The van der Waals surface area contributed by atoms with E-state index in [4.69, 9.17) is 15.2 Å². The van der Waals surface area contributed by atoms with E-state index in [-0.39, 0.29) is 24.1 Å². The lowest BCUT2D eigenvalue weighted by molar-refractivity contribution is -0.143. The van der Waals surface area contributed by atoms with Crippen LogP contribution in [0.2, 0.25) is 0 Å². The number of hydrogen-bond donors (Lipinski definition) is 1. The Labute approximate surface area is 126 Å². The lowest BCUT2D eigenvalue weighted by Gasteiger charge is -2.39. The van der Waals surface area contributed by atoms with Gasteiger partial charge in [-0.2, -0.15) is 0 Å². The average molecular weight is 300 g/mol. The van der Waals surface area contributed by atoms with Gasteiger partial charge in [-0.3, -0.25) is 4.79 Å². The van der Waals surface area contributed by atoms with Crippen LogP contribution < -0.4 is 5.73 Å². The molecule has 0 aromatic carbocycles. The number of carbonyl (C=O) groups is 2. The van der Waals surface area contributed by atoms with Crippen molar-refractivity contribution in [3.05, 3.63) is 0 Å². The van der Waals surface area contributed by atoms with Crippen LogP contribution in [0.4, 0.5) is 4.79 Å². The Balaban J connectivity index is 2.62. The number of hydrogen-bond acceptors (Lipinski definition) is 5. The molecule has 6 heteroatoms. The van der Waals surface area contributed by atoms with Gasteiger partial charge in [0.15, 0.2) is 0 Å². The normalized spacial score (nSPS) is 22.8. The lowest BCUT2D eigenvalue weighted by Crippen LogP contribution is -2.52. The SMILES string of the molecule is CCOC(=O)CC[C@H]1CC[C@@H](N)CN1C(=O)OC(C)(C)C. The Morgan fingerprint density at radius 3 is 2.52 bits per heavy atom. The van der Waals surface area contributed by atoms with E-state index < -0.39 is 5.60 Å². The number of ether oxygens (including phenoxy) is 2. The molecule has 1 amide bonds. The Kier molecular flexibility index (Phi) is 6.45. The first-order valence-electron chi connectivity index (χ1n) is 7.63. The monoisotopic (exact) mass is 300 g/mol. The third-order valence-electron chi connectivity index (χ3n) is 3.36. The molecule has 1 aliphatic rings. The largest absolute Gasteiger partial charge is 0.466 e. The van der Waals surface area contributed by atoms with Gasteiger partial charge in [0.1, 0.15) is 5.60 Å². The van der Waals surface area contributed by atoms with Crippen molar-refractivity contribution >= 4 is 12.1 Å². The minimum Gasteiger partial charge on any atom is -0.466 e. The number of nitrogens with two attached hydrogens (primary N) is 1. The van der Waals surface area contributed by atoms with Crippen molar-refractivity contribution in [3.63, 3.8) is 0 Å². The predicted octanol–water partition coefficient (Wildman–Crippen LogP) is 2.06. The summed E-state index contributed by atoms with van der Waals surface area (Å²) in [6, 6.07) is -0.0413. The molecule has 2 atom stereocenters. The summed E-state index contributed by atoms with van der Waals surface area (Å²) < 4.78 is 10.4. The van der Waals surface area contributed by atoms with Crippen molar-refractivity contribution in [3.8, 4) is 0 Å². The first kappa shape index (κ1) is 17.8. The first-order chi connectivity index (χ1) is 9.73. The predicted molar refractivity (Wildman–Crippen MR) is 79.8 cm³/mol. The van der Waals surface area contributed by atoms with Crippen LogP contribution in [-0.2, 0) is 14.3 Å². The number of nitrogens with zero attached hydrogens (tertiary/aromatic N) is 1. The quantitative estimate of drug-likeness (QED) is 0.804. The van der Waals surface area contributed by atoms with Gasteiger partial charge in [-0.25, -0.2) is 4.79 Å². The second-order valence-electron chi connectivity index (χ2n) is 6.47. The van der Waals surface area contributed by atoms with Crippen molar-refractivity contribution in [1.29, 1.82) is 0 Å². The number of likely N-dealkylation sites (tertiary alicyclic amines) is 1. The zero-order valence-corrected chi connectivity index (χ0v) is 13.6. The maximum Gasteiger partial charge on any atom is 0.410 e. The highest BCUT2D eigenvalue weighted by atomic mass is 16.6. The van der Waals surface area contributed by atoms with E-state index in [1.165, 1.54) is 0 Å². The van der Waals surface area contributed by atoms with Gasteiger partial charge >= 0.3 is 12.1 Å². The molecular weight excluding hydrogens is 272 g/mol. The maximum absolute atomic E-state index is 12.3. The molecule has 1 fully saturated rings. The second kappa shape index (κ2) is 7.64. The highest BCUT2D eigenvalue weighted by molar-refractivity contribution is 5.70. The lowest BCUT2D eigenvalue weighted by atomic mass is 9.96. The van der Waals surface area contributed by atoms with Crippen molar-refractivity contribution in [1.82, 2.24) is 4.90 Å². The van der Waals surface area contributed by atoms with Crippen molar-refractivity contribution in [2.45, 2.75) is 71.1 Å². The zero-order chi connectivity index (χ0) is 16.0. The van der Waals surface area contributed by atoms with E-state index in [0.717, 1.165) is 12.8 Å². The van der Waals surface area contributed by atoms with Crippen LogP contribution in [0.1, 0.15) is 53.4 Å². The fourth-order valence-electron chi connectivity index (χ4n) is 2.42. The molecule has 0 aromatic rings. The summed E-state index contributed by atoms with van der Waals surface area (Å²) in [6.07, 6.45) is 2.19. The van der Waals surface area contributed by atoms with E-state index in [0.29, 0.717) is 26.0 Å². The molecule has 0 radical (unpaired) electrons. The molecule has 0 saturated carbocycles. The minimum atomic E-state index is -0.537. The molecule has 0 spiro atoms. The molecule has 0 aliphatic carbocycles. The summed E-state index contributed by atoms with van der Waals surface area (Å²) in [5.74, 6) is -0.225. The van der Waals surface area contributed by atoms with E-state index in [9.17, 15) is 9.59 Å². The van der Waals surface area contributed by atoms with Crippen molar-refractivity contribution in [2.75, 3.05) is 13.2 Å². The molecule has 0 bridgehead atoms. The van der Waals surface area contributed by atoms with Gasteiger partial charge in [-0.1, -0.05) is 0 Å². The van der Waals surface area contributed by atoms with E-state index in [2.05, 4.69) is 0 Å². The van der Waals surface area contributed by atoms with Gasteiger partial charge in [0.05, 0.1) is 6.61 Å². The standard InChI is InChI=1S/C15H28N2O4/c1-5-20-13(18)9-8-12-7-6-11(16)10-17(12)14(19)21-15(2,3)4/h11-12H,5-10,16H2,1-4H3/t11-,12-/m1/s1. The zero-order valence-electron chi connectivity index (χ0n) is 13.6. The Bertz CT molecular complexity index is 365. The third kappa shape index (κ3) is 6.33. The van der Waals surface area contributed by atoms with E-state index >= 15 is 0 Å². The van der Waals surface area contributed by atoms with Gasteiger partial charge < -0.3 is 20.1 Å². The summed E-state index contributed by atoms with van der Waals surface area (Å²) in [5, 5.41) is 0. The molecule has 1 rings (SSSR count). The Morgan fingerprint density at radius 1 is 1.29 bits per heavy atom. The van der Waals surface area contributed by atoms with Crippen molar-refractivity contribution < 1.29 is 19.1 Å². The minimum absolute atomic E-state index is 0.0101. The highest BCUT2D eigenvalue weighted by Crippen LogP contribution is 2.23. The second-order valence-corrected chi connectivity index (χ2v) is 6.47. The molecule has 0 unspecified atom stereocenters. The van der Waals surface area contributed by atoms with E-state index in [1.54, 1.807) is 11.8 Å². The summed E-state index contributed by atoms with van der Waals surface area (Å²) >= 11 is 0. The smallest absolute Gasteiger partial charge is 0.410 e. The summed E-state index contributed by atoms with van der Waals surface area (Å²) in [6.45, 7) is 8.14. The van der Waals surface area contributed by atoms with Crippen LogP contribution in [0.25, 0.3) is 0 Å². The first-order valence-corrected chi connectivity index (χ1v) is 7.63. The number of esters is 1. The van der Waals surface area contributed by atoms with E-state index in [1.807, 2.05) is 20.8 Å². The van der Waals surface area contributed by atoms with Crippen molar-refractivity contribution in [2.24, 2.45) is 5.73 Å². The number of piperidine rings is 1. The fraction of sp³-hybridized carbons (Fsp3) is 0.867. The molecule has 2 N–H and O–H groups in total. The van der Waals surface area contributed by atoms with Gasteiger partial charge in [-0.05, 0) is 47.0 Å². The average Bonchev–Trinajstić information content (AvgIpc) is 2.35. The summed E-state index contributed by atoms with van der Waals surface area (Å²) in [4.78, 5) is 25.4. The fourth-order valence-corrected chi connectivity index (χ4v) is 2.42. The molecular formula is C15H28N2O4. The molecule has 1 aliphatic heterocycles. The van der Waals surface area contributed by atoms with Gasteiger partial charge in [-0.15, -0.1) is 0 Å².